The van der Waals surface area contributed by atoms with Crippen molar-refractivity contribution in [3.8, 4) is 5.75 Å². The van der Waals surface area contributed by atoms with Crippen LogP contribution in [-0.4, -0.2) is 54.4 Å². The Morgan fingerprint density at radius 3 is 2.25 bits per heavy atom. The number of methoxy groups -OCH3 is 1. The standard InChI is InChI=1S/C25H39N5O4.2ClH/c1-16(8-6-12-27-24(33)28-13-7-9-19(26)23(31)32)29-20-15-18(34-5)14-17-10-11-21(25(2,3)4)30-22(17)20;;/h10-11,14-16,19,29H,6-9,12-13,26H2,1-5H3,(H,31,32)(H2,27,28,33);2*1H/t16?,19-;;/m0../s1. The normalized spacial score (nSPS) is 12.5. The van der Waals surface area contributed by atoms with Crippen molar-refractivity contribution >= 4 is 53.4 Å². The molecule has 0 radical (unpaired) electrons. The Hall–Kier alpha value is -2.49. The van der Waals surface area contributed by atoms with E-state index >= 15 is 0 Å². The Morgan fingerprint density at radius 1 is 1.08 bits per heavy atom. The lowest BCUT2D eigenvalue weighted by Gasteiger charge is -2.21. The van der Waals surface area contributed by atoms with E-state index in [1.54, 1.807) is 7.11 Å². The van der Waals surface area contributed by atoms with E-state index in [1.165, 1.54) is 0 Å². The molecule has 11 heteroatoms. The van der Waals surface area contributed by atoms with Crippen molar-refractivity contribution < 1.29 is 19.4 Å². The van der Waals surface area contributed by atoms with Gasteiger partial charge in [-0.2, -0.15) is 0 Å². The Bertz CT molecular complexity index is 985. The zero-order chi connectivity index (χ0) is 25.3. The minimum Gasteiger partial charge on any atom is -0.497 e. The number of carboxylic acid groups (broad SMARTS) is 1. The minimum atomic E-state index is -1.03. The number of carboxylic acids is 1. The molecule has 0 aliphatic heterocycles. The van der Waals surface area contributed by atoms with Crippen LogP contribution in [0.15, 0.2) is 24.3 Å². The molecule has 2 amide bonds. The lowest BCUT2D eigenvalue weighted by atomic mass is 9.91. The molecule has 0 saturated heterocycles. The molecule has 0 saturated carbocycles. The highest BCUT2D eigenvalue weighted by molar-refractivity contribution is 5.92. The maximum Gasteiger partial charge on any atom is 0.320 e. The predicted molar refractivity (Wildman–Crippen MR) is 150 cm³/mol. The molecule has 2 atom stereocenters. The minimum absolute atomic E-state index is 0. The quantitative estimate of drug-likeness (QED) is 0.248. The van der Waals surface area contributed by atoms with Crippen LogP contribution in [0.25, 0.3) is 10.9 Å². The molecule has 36 heavy (non-hydrogen) atoms. The molecule has 9 nitrogen and oxygen atoms in total. The molecule has 204 valence electrons. The Morgan fingerprint density at radius 2 is 1.69 bits per heavy atom. The second kappa shape index (κ2) is 15.6. The monoisotopic (exact) mass is 545 g/mol. The van der Waals surface area contributed by atoms with Crippen LogP contribution in [0.4, 0.5) is 10.5 Å². The summed E-state index contributed by atoms with van der Waals surface area (Å²) < 4.78 is 5.47. The van der Waals surface area contributed by atoms with Gasteiger partial charge in [0, 0.05) is 41.7 Å². The van der Waals surface area contributed by atoms with Crippen LogP contribution in [0.1, 0.15) is 59.1 Å². The number of urea groups is 1. The maximum atomic E-state index is 11.9. The fourth-order valence-electron chi connectivity index (χ4n) is 3.51. The van der Waals surface area contributed by atoms with E-state index in [2.05, 4.69) is 55.8 Å². The lowest BCUT2D eigenvalue weighted by molar-refractivity contribution is -0.138. The summed E-state index contributed by atoms with van der Waals surface area (Å²) in [5, 5.41) is 18.9. The smallest absolute Gasteiger partial charge is 0.320 e. The number of fused-ring (bicyclic) bond motifs is 1. The third-order valence-corrected chi connectivity index (χ3v) is 5.57. The zero-order valence-corrected chi connectivity index (χ0v) is 23.4. The number of nitrogens with zero attached hydrogens (tertiary/aromatic N) is 1. The van der Waals surface area contributed by atoms with Gasteiger partial charge < -0.3 is 31.5 Å². The van der Waals surface area contributed by atoms with E-state index in [0.29, 0.717) is 25.9 Å². The fourth-order valence-corrected chi connectivity index (χ4v) is 3.51. The van der Waals surface area contributed by atoms with Gasteiger partial charge >= 0.3 is 12.0 Å². The Balaban J connectivity index is 0.00000612. The van der Waals surface area contributed by atoms with Gasteiger partial charge in [-0.1, -0.05) is 26.8 Å². The molecule has 0 aliphatic rings. The number of halogens is 2. The molecule has 1 unspecified atom stereocenters. The van der Waals surface area contributed by atoms with Crippen molar-refractivity contribution in [1.82, 2.24) is 15.6 Å². The molecular weight excluding hydrogens is 505 g/mol. The first-order valence-electron chi connectivity index (χ1n) is 11.8. The van der Waals surface area contributed by atoms with Gasteiger partial charge in [0.1, 0.15) is 11.8 Å². The second-order valence-electron chi connectivity index (χ2n) is 9.65. The molecule has 2 rings (SSSR count). The van der Waals surface area contributed by atoms with E-state index in [0.717, 1.165) is 40.9 Å². The molecule has 0 spiro atoms. The number of benzene rings is 1. The molecule has 0 aliphatic carbocycles. The van der Waals surface area contributed by atoms with Crippen LogP contribution < -0.4 is 26.4 Å². The van der Waals surface area contributed by atoms with Crippen molar-refractivity contribution in [2.45, 2.75) is 70.9 Å². The van der Waals surface area contributed by atoms with Crippen molar-refractivity contribution in [3.63, 3.8) is 0 Å². The van der Waals surface area contributed by atoms with Gasteiger partial charge in [0.05, 0.1) is 18.3 Å². The number of amides is 2. The third-order valence-electron chi connectivity index (χ3n) is 5.57. The highest BCUT2D eigenvalue weighted by Gasteiger charge is 2.18. The average Bonchev–Trinajstić information content (AvgIpc) is 2.78. The average molecular weight is 547 g/mol. The molecule has 1 heterocycles. The van der Waals surface area contributed by atoms with Crippen LogP contribution in [0.5, 0.6) is 5.75 Å². The Kier molecular flexibility index (Phi) is 14.5. The summed E-state index contributed by atoms with van der Waals surface area (Å²) in [6, 6.07) is 7.12. The molecule has 6 N–H and O–H groups in total. The van der Waals surface area contributed by atoms with Gasteiger partial charge in [-0.25, -0.2) is 4.79 Å². The number of aliphatic carboxylic acids is 1. The zero-order valence-electron chi connectivity index (χ0n) is 21.7. The van der Waals surface area contributed by atoms with Crippen LogP contribution >= 0.6 is 24.8 Å². The van der Waals surface area contributed by atoms with Crippen LogP contribution in [0, 0.1) is 0 Å². The highest BCUT2D eigenvalue weighted by Crippen LogP contribution is 2.31. The first-order valence-corrected chi connectivity index (χ1v) is 11.8. The number of nitrogens with one attached hydrogen (secondary N) is 3. The van der Waals surface area contributed by atoms with Crippen molar-refractivity contribution in [1.29, 1.82) is 0 Å². The number of ether oxygens (including phenoxy) is 1. The summed E-state index contributed by atoms with van der Waals surface area (Å²) in [5.41, 5.74) is 8.27. The fraction of sp³-hybridized carbons (Fsp3) is 0.560. The number of pyridine rings is 1. The number of anilines is 1. The highest BCUT2D eigenvalue weighted by atomic mass is 35.5. The summed E-state index contributed by atoms with van der Waals surface area (Å²) in [5.74, 6) is -0.255. The molecule has 2 aromatic rings. The lowest BCUT2D eigenvalue weighted by Crippen LogP contribution is -2.37. The summed E-state index contributed by atoms with van der Waals surface area (Å²) in [6.45, 7) is 9.47. The summed E-state index contributed by atoms with van der Waals surface area (Å²) in [4.78, 5) is 27.5. The van der Waals surface area contributed by atoms with Gasteiger partial charge in [-0.3, -0.25) is 9.78 Å². The molecular formula is C25H41Cl2N5O4. The van der Waals surface area contributed by atoms with E-state index in [-0.39, 0.29) is 42.3 Å². The molecule has 1 aromatic carbocycles. The van der Waals surface area contributed by atoms with Gasteiger partial charge in [0.25, 0.3) is 0 Å². The molecule has 1 aromatic heterocycles. The summed E-state index contributed by atoms with van der Waals surface area (Å²) in [7, 11) is 1.66. The number of carbonyl (C=O) groups is 2. The van der Waals surface area contributed by atoms with Crippen LogP contribution in [0.2, 0.25) is 0 Å². The molecule has 0 bridgehead atoms. The predicted octanol–water partition coefficient (Wildman–Crippen LogP) is 4.46. The summed E-state index contributed by atoms with van der Waals surface area (Å²) >= 11 is 0. The maximum absolute atomic E-state index is 11.9. The van der Waals surface area contributed by atoms with Gasteiger partial charge in [-0.15, -0.1) is 24.8 Å². The van der Waals surface area contributed by atoms with Gasteiger partial charge in [0.15, 0.2) is 0 Å². The van der Waals surface area contributed by atoms with Crippen molar-refractivity contribution in [2.24, 2.45) is 5.73 Å². The number of rotatable bonds is 12. The van der Waals surface area contributed by atoms with Crippen molar-refractivity contribution in [2.75, 3.05) is 25.5 Å². The number of aromatic nitrogens is 1. The summed E-state index contributed by atoms with van der Waals surface area (Å²) in [6.07, 6.45) is 2.49. The third kappa shape index (κ3) is 10.6. The first kappa shape index (κ1) is 33.5. The first-order chi connectivity index (χ1) is 16.0. The number of hydrogen-bond donors (Lipinski definition) is 5. The number of carbonyl (C=O) groups excluding carboxylic acids is 1. The van der Waals surface area contributed by atoms with E-state index < -0.39 is 12.0 Å². The number of nitrogens with two attached hydrogens (primary N) is 1. The van der Waals surface area contributed by atoms with Crippen LogP contribution in [-0.2, 0) is 10.2 Å². The van der Waals surface area contributed by atoms with Crippen molar-refractivity contribution in [3.05, 3.63) is 30.0 Å². The topological polar surface area (TPSA) is 139 Å². The SMILES string of the molecule is COc1cc(NC(C)CCCNC(=O)NCCC[C@H](N)C(=O)O)c2nc(C(C)(C)C)ccc2c1.Cl.Cl. The van der Waals surface area contributed by atoms with Crippen LogP contribution in [0.3, 0.4) is 0 Å². The van der Waals surface area contributed by atoms with Gasteiger partial charge in [-0.05, 0) is 44.7 Å². The number of hydrogen-bond acceptors (Lipinski definition) is 6. The van der Waals surface area contributed by atoms with E-state index in [9.17, 15) is 9.59 Å². The van der Waals surface area contributed by atoms with Gasteiger partial charge in [0.2, 0.25) is 0 Å². The van der Waals surface area contributed by atoms with E-state index in [1.807, 2.05) is 12.1 Å². The Labute approximate surface area is 226 Å². The van der Waals surface area contributed by atoms with E-state index in [4.69, 9.17) is 20.6 Å². The largest absolute Gasteiger partial charge is 0.497 e. The molecule has 0 fully saturated rings. The second-order valence-corrected chi connectivity index (χ2v) is 9.65.